The highest BCUT2D eigenvalue weighted by molar-refractivity contribution is 5.89. The quantitative estimate of drug-likeness (QED) is 0.662. The molecule has 1 atom stereocenters. The van der Waals surface area contributed by atoms with E-state index in [-0.39, 0.29) is 11.9 Å². The van der Waals surface area contributed by atoms with Gasteiger partial charge in [0.2, 0.25) is 5.91 Å². The molecule has 1 saturated carbocycles. The van der Waals surface area contributed by atoms with Crippen LogP contribution in [0.5, 0.6) is 0 Å². The van der Waals surface area contributed by atoms with Gasteiger partial charge in [0, 0.05) is 6.54 Å². The van der Waals surface area contributed by atoms with Crippen LogP contribution in [0.15, 0.2) is 0 Å². The average Bonchev–Trinajstić information content (AvgIpc) is 3.07. The fourth-order valence-corrected chi connectivity index (χ4v) is 1.81. The molecule has 0 aliphatic heterocycles. The largest absolute Gasteiger partial charge is 0.467 e. The molecule has 3 N–H and O–H groups in total. The summed E-state index contributed by atoms with van der Waals surface area (Å²) in [6, 6.07) is -0.559. The van der Waals surface area contributed by atoms with Crippen molar-refractivity contribution in [3.8, 4) is 0 Å². The Kier molecular flexibility index (Phi) is 4.51. The number of carbonyl (C=O) groups is 2. The number of hydrogen-bond donors (Lipinski definition) is 2. The summed E-state index contributed by atoms with van der Waals surface area (Å²) in [5.41, 5.74) is 5.15. The molecule has 0 spiro atoms. The molecule has 0 aromatic heterocycles. The molecule has 0 radical (unpaired) electrons. The molecule has 17 heavy (non-hydrogen) atoms. The van der Waals surface area contributed by atoms with Gasteiger partial charge in [-0.15, -0.1) is 0 Å². The molecule has 0 aromatic carbocycles. The van der Waals surface area contributed by atoms with Gasteiger partial charge in [-0.1, -0.05) is 13.8 Å². The van der Waals surface area contributed by atoms with Gasteiger partial charge in [0.15, 0.2) is 0 Å². The van der Waals surface area contributed by atoms with E-state index in [1.54, 1.807) is 0 Å². The molecule has 5 heteroatoms. The zero-order valence-corrected chi connectivity index (χ0v) is 10.8. The lowest BCUT2D eigenvalue weighted by atomic mass is 10.0. The van der Waals surface area contributed by atoms with E-state index in [9.17, 15) is 9.59 Å². The number of nitrogens with two attached hydrogens (primary N) is 1. The maximum Gasteiger partial charge on any atom is 0.328 e. The summed E-state index contributed by atoms with van der Waals surface area (Å²) in [4.78, 5) is 23.5. The number of methoxy groups -OCH3 is 1. The Morgan fingerprint density at radius 2 is 2.00 bits per heavy atom. The minimum Gasteiger partial charge on any atom is -0.467 e. The summed E-state index contributed by atoms with van der Waals surface area (Å²) < 4.78 is 4.70. The van der Waals surface area contributed by atoms with E-state index < -0.39 is 11.5 Å². The van der Waals surface area contributed by atoms with E-state index in [1.165, 1.54) is 7.11 Å². The molecule has 5 nitrogen and oxygen atoms in total. The van der Waals surface area contributed by atoms with Crippen molar-refractivity contribution >= 4 is 11.9 Å². The van der Waals surface area contributed by atoms with Crippen molar-refractivity contribution in [3.05, 3.63) is 0 Å². The Labute approximate surface area is 102 Å². The van der Waals surface area contributed by atoms with Crippen molar-refractivity contribution in [2.75, 3.05) is 13.7 Å². The third-order valence-corrected chi connectivity index (χ3v) is 3.22. The van der Waals surface area contributed by atoms with Crippen molar-refractivity contribution < 1.29 is 14.3 Å². The third kappa shape index (κ3) is 3.43. The minimum absolute atomic E-state index is 0.115. The maximum absolute atomic E-state index is 12.0. The summed E-state index contributed by atoms with van der Waals surface area (Å²) in [6.45, 7) is 4.34. The van der Waals surface area contributed by atoms with Crippen molar-refractivity contribution in [2.24, 2.45) is 17.1 Å². The number of carbonyl (C=O) groups excluding carboxylic acids is 2. The first-order valence-corrected chi connectivity index (χ1v) is 6.04. The van der Waals surface area contributed by atoms with Crippen molar-refractivity contribution in [1.29, 1.82) is 0 Å². The highest BCUT2D eigenvalue weighted by atomic mass is 16.5. The van der Waals surface area contributed by atoms with E-state index in [2.05, 4.69) is 5.32 Å². The van der Waals surface area contributed by atoms with Crippen LogP contribution in [-0.4, -0.2) is 31.6 Å². The molecule has 0 aromatic rings. The van der Waals surface area contributed by atoms with Crippen molar-refractivity contribution in [3.63, 3.8) is 0 Å². The molecule has 0 saturated heterocycles. The molecule has 1 unspecified atom stereocenters. The monoisotopic (exact) mass is 242 g/mol. The third-order valence-electron chi connectivity index (χ3n) is 3.22. The Hall–Kier alpha value is -1.10. The summed E-state index contributed by atoms with van der Waals surface area (Å²) in [5, 5.41) is 2.76. The van der Waals surface area contributed by atoms with Gasteiger partial charge in [-0.25, -0.2) is 4.79 Å². The van der Waals surface area contributed by atoms with Crippen molar-refractivity contribution in [1.82, 2.24) is 5.32 Å². The molecule has 98 valence electrons. The van der Waals surface area contributed by atoms with E-state index in [0.29, 0.717) is 18.9 Å². The van der Waals surface area contributed by atoms with Crippen LogP contribution in [0.1, 0.15) is 33.1 Å². The Balaban J connectivity index is 2.60. The van der Waals surface area contributed by atoms with Crippen LogP contribution in [0.2, 0.25) is 0 Å². The van der Waals surface area contributed by atoms with Gasteiger partial charge in [0.05, 0.1) is 12.5 Å². The van der Waals surface area contributed by atoms with Gasteiger partial charge in [0.25, 0.3) is 0 Å². The molecular weight excluding hydrogens is 220 g/mol. The predicted molar refractivity (Wildman–Crippen MR) is 64.1 cm³/mol. The van der Waals surface area contributed by atoms with Gasteiger partial charge in [-0.2, -0.15) is 0 Å². The summed E-state index contributed by atoms with van der Waals surface area (Å²) >= 11 is 0. The lowest BCUT2D eigenvalue weighted by Crippen LogP contribution is -2.47. The molecule has 0 bridgehead atoms. The topological polar surface area (TPSA) is 81.4 Å². The van der Waals surface area contributed by atoms with E-state index in [0.717, 1.165) is 12.8 Å². The average molecular weight is 242 g/mol. The summed E-state index contributed by atoms with van der Waals surface area (Å²) in [7, 11) is 1.33. The summed E-state index contributed by atoms with van der Waals surface area (Å²) in [5.74, 6) is -0.191. The van der Waals surface area contributed by atoms with Crippen LogP contribution in [0.25, 0.3) is 0 Å². The van der Waals surface area contributed by atoms with Crippen LogP contribution < -0.4 is 11.1 Å². The number of hydrogen-bond acceptors (Lipinski definition) is 4. The molecule has 1 aliphatic rings. The lowest BCUT2D eigenvalue weighted by molar-refractivity contribution is -0.146. The normalized spacial score (nSPS) is 18.6. The number of esters is 1. The maximum atomic E-state index is 12.0. The molecule has 0 heterocycles. The lowest BCUT2D eigenvalue weighted by Gasteiger charge is -2.21. The van der Waals surface area contributed by atoms with E-state index in [4.69, 9.17) is 10.5 Å². The number of rotatable bonds is 6. The second-order valence-electron chi connectivity index (χ2n) is 5.16. The highest BCUT2D eigenvalue weighted by Gasteiger charge is 2.49. The Morgan fingerprint density at radius 3 is 2.35 bits per heavy atom. The van der Waals surface area contributed by atoms with Crippen molar-refractivity contribution in [2.45, 2.75) is 39.2 Å². The van der Waals surface area contributed by atoms with Crippen LogP contribution in [-0.2, 0) is 14.3 Å². The van der Waals surface area contributed by atoms with Crippen LogP contribution in [0, 0.1) is 11.3 Å². The Bertz CT molecular complexity index is 298. The van der Waals surface area contributed by atoms with Gasteiger partial charge in [0.1, 0.15) is 6.04 Å². The number of ether oxygens (including phenoxy) is 1. The fourth-order valence-electron chi connectivity index (χ4n) is 1.81. The fraction of sp³-hybridized carbons (Fsp3) is 0.833. The van der Waals surface area contributed by atoms with Gasteiger partial charge in [-0.3, -0.25) is 4.79 Å². The van der Waals surface area contributed by atoms with Crippen LogP contribution >= 0.6 is 0 Å². The number of nitrogens with one attached hydrogen (secondary N) is 1. The zero-order chi connectivity index (χ0) is 13.1. The molecular formula is C12H22N2O3. The SMILES string of the molecule is COC(=O)C(CC(C)C)NC(=O)C1(CN)CC1. The first-order chi connectivity index (χ1) is 7.95. The minimum atomic E-state index is -0.559. The van der Waals surface area contributed by atoms with E-state index >= 15 is 0 Å². The van der Waals surface area contributed by atoms with Gasteiger partial charge >= 0.3 is 5.97 Å². The zero-order valence-electron chi connectivity index (χ0n) is 10.8. The number of amides is 1. The second kappa shape index (κ2) is 5.49. The predicted octanol–water partition coefficient (Wildman–Crippen LogP) is 0.429. The van der Waals surface area contributed by atoms with Crippen LogP contribution in [0.3, 0.4) is 0 Å². The standard InChI is InChI=1S/C12H22N2O3/c1-8(2)6-9(10(15)17-3)14-11(16)12(7-13)4-5-12/h8-9H,4-7,13H2,1-3H3,(H,14,16). The van der Waals surface area contributed by atoms with Gasteiger partial charge < -0.3 is 15.8 Å². The van der Waals surface area contributed by atoms with E-state index in [1.807, 2.05) is 13.8 Å². The smallest absolute Gasteiger partial charge is 0.328 e. The van der Waals surface area contributed by atoms with Crippen LogP contribution in [0.4, 0.5) is 0 Å². The first kappa shape index (κ1) is 14.0. The molecule has 1 rings (SSSR count). The highest BCUT2D eigenvalue weighted by Crippen LogP contribution is 2.44. The Morgan fingerprint density at radius 1 is 1.41 bits per heavy atom. The second-order valence-corrected chi connectivity index (χ2v) is 5.16. The van der Waals surface area contributed by atoms with Gasteiger partial charge in [-0.05, 0) is 25.2 Å². The first-order valence-electron chi connectivity index (χ1n) is 6.04. The molecule has 1 amide bonds. The summed E-state index contributed by atoms with van der Waals surface area (Å²) in [6.07, 6.45) is 2.20. The molecule has 1 aliphatic carbocycles. The molecule has 1 fully saturated rings.